The third kappa shape index (κ3) is 2.58. The molecule has 0 aliphatic heterocycles. The number of hydrogen-bond donors (Lipinski definition) is 0. The largest absolute Gasteiger partial charge is 0.450 e. The summed E-state index contributed by atoms with van der Waals surface area (Å²) in [6.45, 7) is 0.396. The van der Waals surface area contributed by atoms with E-state index < -0.39 is 0 Å². The van der Waals surface area contributed by atoms with Gasteiger partial charge in [-0.2, -0.15) is 0 Å². The van der Waals surface area contributed by atoms with E-state index in [1.165, 1.54) is 6.08 Å². The molecule has 0 atom stereocenters. The number of rotatable bonds is 3. The van der Waals surface area contributed by atoms with Crippen molar-refractivity contribution in [1.29, 1.82) is 0 Å². The maximum Gasteiger partial charge on any atom is 0.234 e. The fourth-order valence-corrected chi connectivity index (χ4v) is 0.860. The molecule has 0 amide bonds. The molecule has 0 saturated heterocycles. The van der Waals surface area contributed by atoms with Crippen LogP contribution in [0.25, 0.3) is 0 Å². The van der Waals surface area contributed by atoms with Gasteiger partial charge in [-0.1, -0.05) is 0 Å². The van der Waals surface area contributed by atoms with Gasteiger partial charge in [0.15, 0.2) is 5.22 Å². The molecule has 58 valence electrons. The summed E-state index contributed by atoms with van der Waals surface area (Å²) >= 11 is 5.50. The maximum absolute atomic E-state index is 9.65. The van der Waals surface area contributed by atoms with Gasteiger partial charge in [-0.3, -0.25) is 0 Å². The zero-order valence-corrected chi connectivity index (χ0v) is 6.47. The minimum absolute atomic E-state index is 0.357. The summed E-state index contributed by atoms with van der Waals surface area (Å²) in [4.78, 5) is 13.0. The van der Waals surface area contributed by atoms with Gasteiger partial charge in [0, 0.05) is 6.42 Å². The molecular formula is C7H6ClNO2. The van der Waals surface area contributed by atoms with E-state index in [4.69, 9.17) is 16.0 Å². The van der Waals surface area contributed by atoms with Gasteiger partial charge in [-0.15, -0.1) is 0 Å². The summed E-state index contributed by atoms with van der Waals surface area (Å²) in [5.41, 5.74) is 0. The standard InChI is InChI=1S/C7H6ClNO2/c8-7-2-1-6(11-7)3-4-9-5-10/h1-2H,3-4H2. The molecule has 0 bridgehead atoms. The Kier molecular flexibility index (Phi) is 2.90. The van der Waals surface area contributed by atoms with E-state index >= 15 is 0 Å². The summed E-state index contributed by atoms with van der Waals surface area (Å²) in [6, 6.07) is 3.41. The monoisotopic (exact) mass is 171 g/mol. The Morgan fingerprint density at radius 3 is 3.00 bits per heavy atom. The zero-order chi connectivity index (χ0) is 8.10. The summed E-state index contributed by atoms with van der Waals surface area (Å²) in [6.07, 6.45) is 2.03. The minimum Gasteiger partial charge on any atom is -0.450 e. The van der Waals surface area contributed by atoms with Gasteiger partial charge in [0.25, 0.3) is 0 Å². The molecule has 0 aliphatic carbocycles. The Balaban J connectivity index is 2.44. The van der Waals surface area contributed by atoms with E-state index in [1.54, 1.807) is 12.1 Å². The first-order valence-corrected chi connectivity index (χ1v) is 3.48. The maximum atomic E-state index is 9.65. The van der Waals surface area contributed by atoms with Crippen molar-refractivity contribution >= 4 is 17.7 Å². The van der Waals surface area contributed by atoms with Gasteiger partial charge < -0.3 is 4.42 Å². The molecule has 1 rings (SSSR count). The quantitative estimate of drug-likeness (QED) is 0.514. The Labute approximate surface area is 68.7 Å². The van der Waals surface area contributed by atoms with Crippen LogP contribution in [0.3, 0.4) is 0 Å². The van der Waals surface area contributed by atoms with Gasteiger partial charge in [0.05, 0.1) is 6.54 Å². The Morgan fingerprint density at radius 1 is 1.64 bits per heavy atom. The van der Waals surface area contributed by atoms with E-state index in [9.17, 15) is 4.79 Å². The number of nitrogens with zero attached hydrogens (tertiary/aromatic N) is 1. The number of halogens is 1. The molecule has 0 N–H and O–H groups in total. The fraction of sp³-hybridized carbons (Fsp3) is 0.286. The van der Waals surface area contributed by atoms with Crippen molar-refractivity contribution in [2.24, 2.45) is 4.99 Å². The lowest BCUT2D eigenvalue weighted by Gasteiger charge is -1.87. The van der Waals surface area contributed by atoms with Crippen LogP contribution in [0.1, 0.15) is 5.76 Å². The van der Waals surface area contributed by atoms with Crippen molar-refractivity contribution in [3.05, 3.63) is 23.1 Å². The molecule has 0 spiro atoms. The average Bonchev–Trinajstić information content (AvgIpc) is 2.37. The van der Waals surface area contributed by atoms with Crippen molar-refractivity contribution in [2.75, 3.05) is 6.54 Å². The second-order valence-corrected chi connectivity index (χ2v) is 2.30. The summed E-state index contributed by atoms with van der Waals surface area (Å²) in [5.74, 6) is 0.731. The number of carbonyl (C=O) groups excluding carboxylic acids is 1. The lowest BCUT2D eigenvalue weighted by atomic mass is 10.3. The van der Waals surface area contributed by atoms with Crippen LogP contribution in [0.15, 0.2) is 21.5 Å². The van der Waals surface area contributed by atoms with Crippen LogP contribution < -0.4 is 0 Å². The van der Waals surface area contributed by atoms with Gasteiger partial charge in [-0.25, -0.2) is 9.79 Å². The smallest absolute Gasteiger partial charge is 0.234 e. The number of furan rings is 1. The van der Waals surface area contributed by atoms with Crippen LogP contribution in [0, 0.1) is 0 Å². The predicted octanol–water partition coefficient (Wildman–Crippen LogP) is 1.81. The summed E-state index contributed by atoms with van der Waals surface area (Å²) in [7, 11) is 0. The van der Waals surface area contributed by atoms with Crippen LogP contribution in [0.2, 0.25) is 5.22 Å². The Bertz CT molecular complexity index is 276. The molecule has 3 nitrogen and oxygen atoms in total. The minimum atomic E-state index is 0.357. The van der Waals surface area contributed by atoms with E-state index in [2.05, 4.69) is 4.99 Å². The molecule has 1 aromatic rings. The fourth-order valence-electron chi connectivity index (χ4n) is 0.698. The third-order valence-corrected chi connectivity index (χ3v) is 1.37. The Morgan fingerprint density at radius 2 is 2.45 bits per heavy atom. The Hall–Kier alpha value is -1.05. The first kappa shape index (κ1) is 8.05. The molecule has 0 radical (unpaired) electrons. The summed E-state index contributed by atoms with van der Waals surface area (Å²) < 4.78 is 5.01. The molecule has 4 heteroatoms. The van der Waals surface area contributed by atoms with Gasteiger partial charge >= 0.3 is 0 Å². The van der Waals surface area contributed by atoms with Crippen molar-refractivity contribution in [1.82, 2.24) is 0 Å². The normalized spacial score (nSPS) is 9.18. The van der Waals surface area contributed by atoms with Gasteiger partial charge in [0.2, 0.25) is 6.08 Å². The SMILES string of the molecule is O=C=NCCc1ccc(Cl)o1. The number of hydrogen-bond acceptors (Lipinski definition) is 3. The molecule has 1 aromatic heterocycles. The highest BCUT2D eigenvalue weighted by Gasteiger charge is 1.97. The molecule has 0 aliphatic rings. The van der Waals surface area contributed by atoms with E-state index in [1.807, 2.05) is 0 Å². The van der Waals surface area contributed by atoms with Gasteiger partial charge in [0.1, 0.15) is 5.76 Å². The summed E-state index contributed by atoms with van der Waals surface area (Å²) in [5, 5.41) is 0.357. The van der Waals surface area contributed by atoms with Crippen molar-refractivity contribution in [3.8, 4) is 0 Å². The van der Waals surface area contributed by atoms with Crippen LogP contribution in [-0.4, -0.2) is 12.6 Å². The first-order valence-electron chi connectivity index (χ1n) is 3.11. The van der Waals surface area contributed by atoms with Crippen molar-refractivity contribution < 1.29 is 9.21 Å². The van der Waals surface area contributed by atoms with Crippen molar-refractivity contribution in [3.63, 3.8) is 0 Å². The van der Waals surface area contributed by atoms with Gasteiger partial charge in [-0.05, 0) is 23.7 Å². The zero-order valence-electron chi connectivity index (χ0n) is 5.71. The molecular weight excluding hydrogens is 166 g/mol. The van der Waals surface area contributed by atoms with E-state index in [-0.39, 0.29) is 0 Å². The third-order valence-electron chi connectivity index (χ3n) is 1.16. The lowest BCUT2D eigenvalue weighted by Crippen LogP contribution is -1.84. The highest BCUT2D eigenvalue weighted by Crippen LogP contribution is 2.13. The van der Waals surface area contributed by atoms with Crippen LogP contribution in [0.4, 0.5) is 0 Å². The molecule has 0 saturated carbocycles. The molecule has 0 unspecified atom stereocenters. The second-order valence-electron chi connectivity index (χ2n) is 1.93. The highest BCUT2D eigenvalue weighted by atomic mass is 35.5. The molecule has 1 heterocycles. The van der Waals surface area contributed by atoms with Crippen LogP contribution in [0.5, 0.6) is 0 Å². The highest BCUT2D eigenvalue weighted by molar-refractivity contribution is 6.28. The topological polar surface area (TPSA) is 42.6 Å². The van der Waals surface area contributed by atoms with Crippen LogP contribution >= 0.6 is 11.6 Å². The van der Waals surface area contributed by atoms with E-state index in [0.29, 0.717) is 18.2 Å². The molecule has 0 aromatic carbocycles. The second kappa shape index (κ2) is 3.96. The van der Waals surface area contributed by atoms with Crippen molar-refractivity contribution in [2.45, 2.75) is 6.42 Å². The lowest BCUT2D eigenvalue weighted by molar-refractivity contribution is 0.512. The number of isocyanates is 1. The predicted molar refractivity (Wildman–Crippen MR) is 40.4 cm³/mol. The molecule has 0 fully saturated rings. The van der Waals surface area contributed by atoms with Crippen LogP contribution in [-0.2, 0) is 11.2 Å². The average molecular weight is 172 g/mol. The first-order chi connectivity index (χ1) is 5.33. The van der Waals surface area contributed by atoms with E-state index in [0.717, 1.165) is 5.76 Å². The molecule has 11 heavy (non-hydrogen) atoms. The number of aliphatic imine (C=N–C) groups is 1.